The Morgan fingerprint density at radius 3 is 2.77 bits per heavy atom. The quantitative estimate of drug-likeness (QED) is 0.903. The van der Waals surface area contributed by atoms with Crippen LogP contribution in [0.1, 0.15) is 5.56 Å². The van der Waals surface area contributed by atoms with Gasteiger partial charge in [-0.25, -0.2) is 14.2 Å². The third-order valence-electron chi connectivity index (χ3n) is 3.67. The fourth-order valence-electron chi connectivity index (χ4n) is 2.48. The van der Waals surface area contributed by atoms with Gasteiger partial charge in [-0.3, -0.25) is 5.32 Å². The molecule has 1 aliphatic heterocycles. The molecule has 114 valence electrons. The number of aromatic nitrogens is 1. The molecular formula is C16H15BrFN3O. The van der Waals surface area contributed by atoms with Crippen LogP contribution >= 0.6 is 15.9 Å². The molecule has 0 unspecified atom stereocenters. The van der Waals surface area contributed by atoms with Crippen molar-refractivity contribution in [2.24, 2.45) is 5.92 Å². The molecule has 22 heavy (non-hydrogen) atoms. The van der Waals surface area contributed by atoms with E-state index in [1.807, 2.05) is 18.2 Å². The zero-order valence-corrected chi connectivity index (χ0v) is 13.4. The Morgan fingerprint density at radius 2 is 2.09 bits per heavy atom. The lowest BCUT2D eigenvalue weighted by Crippen LogP contribution is -2.52. The first kappa shape index (κ1) is 15.0. The van der Waals surface area contributed by atoms with Gasteiger partial charge in [0.2, 0.25) is 0 Å². The maximum absolute atomic E-state index is 12.8. The Morgan fingerprint density at radius 1 is 1.32 bits per heavy atom. The van der Waals surface area contributed by atoms with Crippen LogP contribution in [0, 0.1) is 11.7 Å². The Hall–Kier alpha value is -1.95. The predicted octanol–water partition coefficient (Wildman–Crippen LogP) is 3.69. The van der Waals surface area contributed by atoms with Gasteiger partial charge in [0.05, 0.1) is 6.20 Å². The van der Waals surface area contributed by atoms with Crippen LogP contribution in [0.25, 0.3) is 0 Å². The number of nitrogens with one attached hydrogen (secondary N) is 1. The molecule has 6 heteroatoms. The Kier molecular flexibility index (Phi) is 4.38. The molecule has 1 aliphatic rings. The summed E-state index contributed by atoms with van der Waals surface area (Å²) in [7, 11) is 0. The summed E-state index contributed by atoms with van der Waals surface area (Å²) in [5, 5.41) is 2.67. The second-order valence-corrected chi connectivity index (χ2v) is 6.21. The van der Waals surface area contributed by atoms with Gasteiger partial charge >= 0.3 is 6.03 Å². The molecule has 2 aromatic rings. The van der Waals surface area contributed by atoms with E-state index in [1.165, 1.54) is 17.7 Å². The van der Waals surface area contributed by atoms with Crippen LogP contribution in [-0.4, -0.2) is 29.0 Å². The van der Waals surface area contributed by atoms with Crippen molar-refractivity contribution in [1.29, 1.82) is 0 Å². The molecule has 1 saturated heterocycles. The van der Waals surface area contributed by atoms with E-state index in [4.69, 9.17) is 0 Å². The highest BCUT2D eigenvalue weighted by atomic mass is 79.9. The number of rotatable bonds is 3. The fourth-order valence-corrected chi connectivity index (χ4v) is 2.92. The first-order chi connectivity index (χ1) is 10.6. The maximum atomic E-state index is 12.8. The highest BCUT2D eigenvalue weighted by molar-refractivity contribution is 9.10. The van der Waals surface area contributed by atoms with Crippen molar-refractivity contribution in [2.45, 2.75) is 6.42 Å². The summed E-state index contributed by atoms with van der Waals surface area (Å²) in [6, 6.07) is 10.7. The van der Waals surface area contributed by atoms with Crippen molar-refractivity contribution in [3.05, 3.63) is 58.4 Å². The summed E-state index contributed by atoms with van der Waals surface area (Å²) >= 11 is 3.54. The summed E-state index contributed by atoms with van der Waals surface area (Å²) < 4.78 is 13.9. The van der Waals surface area contributed by atoms with Crippen LogP contribution in [0.5, 0.6) is 0 Å². The monoisotopic (exact) mass is 363 g/mol. The van der Waals surface area contributed by atoms with Gasteiger partial charge in [-0.05, 0) is 36.1 Å². The minimum Gasteiger partial charge on any atom is -0.324 e. The number of hydrogen-bond donors (Lipinski definition) is 1. The number of nitrogens with zero attached hydrogens (tertiary/aromatic N) is 2. The third-order valence-corrected chi connectivity index (χ3v) is 4.45. The van der Waals surface area contributed by atoms with Crippen LogP contribution in [-0.2, 0) is 6.42 Å². The second-order valence-electron chi connectivity index (χ2n) is 5.36. The van der Waals surface area contributed by atoms with Crippen molar-refractivity contribution in [3.63, 3.8) is 0 Å². The van der Waals surface area contributed by atoms with Gasteiger partial charge in [0.1, 0.15) is 11.6 Å². The molecule has 0 spiro atoms. The van der Waals surface area contributed by atoms with Gasteiger partial charge in [0, 0.05) is 17.6 Å². The van der Waals surface area contributed by atoms with E-state index < -0.39 is 5.82 Å². The summed E-state index contributed by atoms with van der Waals surface area (Å²) in [6.45, 7) is 1.43. The van der Waals surface area contributed by atoms with Gasteiger partial charge < -0.3 is 4.90 Å². The molecule has 1 fully saturated rings. The zero-order chi connectivity index (χ0) is 15.5. The molecule has 2 amide bonds. The number of halogens is 2. The molecule has 0 atom stereocenters. The number of carbonyl (C=O) groups is 1. The van der Waals surface area contributed by atoms with Crippen molar-refractivity contribution < 1.29 is 9.18 Å². The van der Waals surface area contributed by atoms with Crippen molar-refractivity contribution in [1.82, 2.24) is 9.88 Å². The van der Waals surface area contributed by atoms with Gasteiger partial charge in [0.15, 0.2) is 0 Å². The molecule has 0 bridgehead atoms. The van der Waals surface area contributed by atoms with Crippen LogP contribution in [0.15, 0.2) is 47.1 Å². The maximum Gasteiger partial charge on any atom is 0.323 e. The van der Waals surface area contributed by atoms with E-state index in [-0.39, 0.29) is 6.03 Å². The lowest BCUT2D eigenvalue weighted by Gasteiger charge is -2.39. The molecule has 0 aliphatic carbocycles. The minimum absolute atomic E-state index is 0.192. The number of benzene rings is 1. The summed E-state index contributed by atoms with van der Waals surface area (Å²) in [4.78, 5) is 17.6. The number of hydrogen-bond acceptors (Lipinski definition) is 2. The van der Waals surface area contributed by atoms with E-state index in [1.54, 1.807) is 4.90 Å². The van der Waals surface area contributed by atoms with E-state index in [0.717, 1.165) is 17.1 Å². The van der Waals surface area contributed by atoms with Gasteiger partial charge in [-0.1, -0.05) is 34.1 Å². The van der Waals surface area contributed by atoms with Gasteiger partial charge in [-0.15, -0.1) is 0 Å². The number of carbonyl (C=O) groups excluding carboxylic acids is 1. The van der Waals surface area contributed by atoms with Gasteiger partial charge in [0.25, 0.3) is 0 Å². The molecule has 1 aromatic carbocycles. The van der Waals surface area contributed by atoms with Gasteiger partial charge in [-0.2, -0.15) is 0 Å². The molecular weight excluding hydrogens is 349 g/mol. The van der Waals surface area contributed by atoms with E-state index in [0.29, 0.717) is 24.8 Å². The average molecular weight is 364 g/mol. The first-order valence-electron chi connectivity index (χ1n) is 7.02. The SMILES string of the molecule is O=C(Nc1ccc(F)cn1)N1CC(Cc2ccccc2Br)C1. The summed E-state index contributed by atoms with van der Waals surface area (Å²) in [6.07, 6.45) is 2.03. The summed E-state index contributed by atoms with van der Waals surface area (Å²) in [5.41, 5.74) is 1.26. The minimum atomic E-state index is -0.421. The first-order valence-corrected chi connectivity index (χ1v) is 7.82. The lowest BCUT2D eigenvalue weighted by atomic mass is 9.92. The van der Waals surface area contributed by atoms with Crippen LogP contribution in [0.2, 0.25) is 0 Å². The number of amides is 2. The highest BCUT2D eigenvalue weighted by Gasteiger charge is 2.31. The Labute approximate surface area is 136 Å². The Balaban J connectivity index is 1.49. The Bertz CT molecular complexity index is 671. The van der Waals surface area contributed by atoms with E-state index in [9.17, 15) is 9.18 Å². The van der Waals surface area contributed by atoms with Crippen LogP contribution in [0.3, 0.4) is 0 Å². The normalized spacial score (nSPS) is 14.5. The van der Waals surface area contributed by atoms with Crippen molar-refractivity contribution in [2.75, 3.05) is 18.4 Å². The topological polar surface area (TPSA) is 45.2 Å². The van der Waals surface area contributed by atoms with Crippen molar-refractivity contribution in [3.8, 4) is 0 Å². The molecule has 1 aromatic heterocycles. The third kappa shape index (κ3) is 3.44. The standard InChI is InChI=1S/C16H15BrFN3O/c17-14-4-2-1-3-12(14)7-11-9-21(10-11)16(22)20-15-6-5-13(18)8-19-15/h1-6,8,11H,7,9-10H2,(H,19,20,22). The fraction of sp³-hybridized carbons (Fsp3) is 0.250. The molecule has 2 heterocycles. The van der Waals surface area contributed by atoms with Crippen molar-refractivity contribution >= 4 is 27.8 Å². The molecule has 0 saturated carbocycles. The molecule has 4 nitrogen and oxygen atoms in total. The van der Waals surface area contributed by atoms with E-state index in [2.05, 4.69) is 32.3 Å². The second kappa shape index (κ2) is 6.44. The highest BCUT2D eigenvalue weighted by Crippen LogP contribution is 2.25. The molecule has 1 N–H and O–H groups in total. The number of anilines is 1. The summed E-state index contributed by atoms with van der Waals surface area (Å²) in [5.74, 6) is 0.404. The molecule has 3 rings (SSSR count). The van der Waals surface area contributed by atoms with E-state index >= 15 is 0 Å². The number of pyridine rings is 1. The lowest BCUT2D eigenvalue weighted by molar-refractivity contribution is 0.131. The van der Waals surface area contributed by atoms with Crippen LogP contribution < -0.4 is 5.32 Å². The number of urea groups is 1. The smallest absolute Gasteiger partial charge is 0.323 e. The molecule has 0 radical (unpaired) electrons. The van der Waals surface area contributed by atoms with Crippen LogP contribution in [0.4, 0.5) is 15.0 Å². The average Bonchev–Trinajstić information content (AvgIpc) is 2.46. The zero-order valence-electron chi connectivity index (χ0n) is 11.8. The number of likely N-dealkylation sites (tertiary alicyclic amines) is 1. The largest absolute Gasteiger partial charge is 0.324 e. The predicted molar refractivity (Wildman–Crippen MR) is 86.1 cm³/mol.